The molecule has 2 atom stereocenters. The number of hydrogen-bond donors (Lipinski definition) is 3. The molecule has 1 aromatic carbocycles. The molecule has 0 aliphatic carbocycles. The monoisotopic (exact) mass is 285 g/mol. The number of halogens is 1. The average Bonchev–Trinajstić information content (AvgIpc) is 2.35. The van der Waals surface area contributed by atoms with Crippen LogP contribution in [0, 0.1) is 5.82 Å². The summed E-state index contributed by atoms with van der Waals surface area (Å²) in [5.74, 6) is -1.55. The summed E-state index contributed by atoms with van der Waals surface area (Å²) >= 11 is 0. The van der Waals surface area contributed by atoms with E-state index >= 15 is 0 Å². The lowest BCUT2D eigenvalue weighted by molar-refractivity contribution is -0.138. The molecule has 0 heterocycles. The van der Waals surface area contributed by atoms with Gasteiger partial charge in [0.05, 0.1) is 19.6 Å². The Labute approximate surface area is 117 Å². The molecule has 0 saturated carbocycles. The van der Waals surface area contributed by atoms with Gasteiger partial charge in [0.25, 0.3) is 0 Å². The number of benzene rings is 1. The van der Waals surface area contributed by atoms with E-state index in [0.29, 0.717) is 5.56 Å². The number of aliphatic hydroxyl groups is 1. The highest BCUT2D eigenvalue weighted by molar-refractivity contribution is 5.67. The summed E-state index contributed by atoms with van der Waals surface area (Å²) in [6.07, 6.45) is -1.37. The first kappa shape index (κ1) is 16.4. The topological polar surface area (TPSA) is 78.8 Å². The Hall–Kier alpha value is -1.66. The average molecular weight is 285 g/mol. The van der Waals surface area contributed by atoms with Crippen LogP contribution in [-0.2, 0) is 4.79 Å². The van der Waals surface area contributed by atoms with Crippen molar-refractivity contribution in [3.63, 3.8) is 0 Å². The first-order valence-electron chi connectivity index (χ1n) is 6.34. The lowest BCUT2D eigenvalue weighted by atomic mass is 9.98. The summed E-state index contributed by atoms with van der Waals surface area (Å²) in [6, 6.07) is 3.38. The molecule has 0 fully saturated rings. The van der Waals surface area contributed by atoms with Crippen molar-refractivity contribution in [2.75, 3.05) is 7.11 Å². The Balaban J connectivity index is 2.95. The summed E-state index contributed by atoms with van der Waals surface area (Å²) in [6.45, 7) is 3.69. The van der Waals surface area contributed by atoms with E-state index in [1.165, 1.54) is 19.2 Å². The fraction of sp³-hybridized carbons (Fsp3) is 0.500. The van der Waals surface area contributed by atoms with Crippen molar-refractivity contribution in [2.45, 2.75) is 38.5 Å². The van der Waals surface area contributed by atoms with E-state index in [4.69, 9.17) is 9.84 Å². The van der Waals surface area contributed by atoms with Crippen LogP contribution < -0.4 is 10.1 Å². The number of rotatable bonds is 7. The molecule has 1 rings (SSSR count). The number of carboxylic acid groups (broad SMARTS) is 1. The molecule has 3 N–H and O–H groups in total. The third-order valence-electron chi connectivity index (χ3n) is 2.84. The second kappa shape index (κ2) is 7.21. The van der Waals surface area contributed by atoms with Crippen LogP contribution in [0.4, 0.5) is 4.39 Å². The Morgan fingerprint density at radius 2 is 2.10 bits per heavy atom. The van der Waals surface area contributed by atoms with E-state index in [0.717, 1.165) is 6.07 Å². The van der Waals surface area contributed by atoms with Gasteiger partial charge in [-0.1, -0.05) is 19.9 Å². The van der Waals surface area contributed by atoms with Crippen molar-refractivity contribution in [1.82, 2.24) is 5.32 Å². The van der Waals surface area contributed by atoms with Crippen molar-refractivity contribution in [3.8, 4) is 5.75 Å². The largest absolute Gasteiger partial charge is 0.494 e. The van der Waals surface area contributed by atoms with Crippen molar-refractivity contribution in [3.05, 3.63) is 29.6 Å². The quantitative estimate of drug-likeness (QED) is 0.711. The van der Waals surface area contributed by atoms with Gasteiger partial charge in [0.15, 0.2) is 11.6 Å². The molecule has 0 bridgehead atoms. The molecule has 0 spiro atoms. The Bertz CT molecular complexity index is 464. The number of carboxylic acids is 1. The molecule has 20 heavy (non-hydrogen) atoms. The van der Waals surface area contributed by atoms with Crippen LogP contribution in [0.15, 0.2) is 18.2 Å². The van der Waals surface area contributed by atoms with Gasteiger partial charge < -0.3 is 20.3 Å². The molecular weight excluding hydrogens is 265 g/mol. The van der Waals surface area contributed by atoms with E-state index in [1.54, 1.807) is 0 Å². The van der Waals surface area contributed by atoms with Crippen molar-refractivity contribution < 1.29 is 24.1 Å². The van der Waals surface area contributed by atoms with Crippen LogP contribution in [0.3, 0.4) is 0 Å². The van der Waals surface area contributed by atoms with Gasteiger partial charge in [0.1, 0.15) is 0 Å². The predicted molar refractivity (Wildman–Crippen MR) is 72.2 cm³/mol. The molecule has 0 aliphatic rings. The molecular formula is C14H20FNO4. The second-order valence-electron chi connectivity index (χ2n) is 4.86. The predicted octanol–water partition coefficient (Wildman–Crippen LogP) is 1.71. The number of ether oxygens (including phenoxy) is 1. The van der Waals surface area contributed by atoms with Gasteiger partial charge in [-0.15, -0.1) is 0 Å². The highest BCUT2D eigenvalue weighted by Gasteiger charge is 2.25. The van der Waals surface area contributed by atoms with Crippen molar-refractivity contribution in [2.24, 2.45) is 0 Å². The van der Waals surface area contributed by atoms with Gasteiger partial charge in [-0.05, 0) is 17.7 Å². The first-order valence-corrected chi connectivity index (χ1v) is 6.34. The molecule has 0 aliphatic heterocycles. The zero-order valence-electron chi connectivity index (χ0n) is 11.8. The summed E-state index contributed by atoms with van der Waals surface area (Å²) in [5.41, 5.74) is 0.308. The zero-order valence-corrected chi connectivity index (χ0v) is 11.8. The van der Waals surface area contributed by atoms with Crippen LogP contribution in [0.2, 0.25) is 0 Å². The van der Waals surface area contributed by atoms with Crippen LogP contribution in [0.25, 0.3) is 0 Å². The fourth-order valence-corrected chi connectivity index (χ4v) is 1.98. The summed E-state index contributed by atoms with van der Waals surface area (Å²) in [4.78, 5) is 10.8. The molecule has 112 valence electrons. The minimum atomic E-state index is -1.12. The van der Waals surface area contributed by atoms with Crippen molar-refractivity contribution in [1.29, 1.82) is 0 Å². The number of aliphatic hydroxyl groups excluding tert-OH is 1. The van der Waals surface area contributed by atoms with Gasteiger partial charge in [-0.2, -0.15) is 0 Å². The van der Waals surface area contributed by atoms with E-state index in [-0.39, 0.29) is 18.2 Å². The zero-order chi connectivity index (χ0) is 15.3. The summed E-state index contributed by atoms with van der Waals surface area (Å²) in [7, 11) is 1.35. The van der Waals surface area contributed by atoms with Gasteiger partial charge in [-0.25, -0.2) is 4.39 Å². The third-order valence-corrected chi connectivity index (χ3v) is 2.84. The second-order valence-corrected chi connectivity index (χ2v) is 4.86. The van der Waals surface area contributed by atoms with E-state index in [2.05, 4.69) is 5.32 Å². The smallest absolute Gasteiger partial charge is 0.305 e. The lowest BCUT2D eigenvalue weighted by Crippen LogP contribution is -2.40. The third kappa shape index (κ3) is 4.47. The van der Waals surface area contributed by atoms with E-state index in [1.807, 2.05) is 13.8 Å². The Kier molecular flexibility index (Phi) is 5.91. The maximum Gasteiger partial charge on any atom is 0.305 e. The highest BCUT2D eigenvalue weighted by atomic mass is 19.1. The number of aliphatic carboxylic acids is 1. The molecule has 5 nitrogen and oxygen atoms in total. The molecule has 1 aromatic rings. The summed E-state index contributed by atoms with van der Waals surface area (Å²) in [5, 5.41) is 22.1. The molecule has 2 unspecified atom stereocenters. The normalized spacial score (nSPS) is 14.1. The molecule has 0 radical (unpaired) electrons. The molecule has 0 aromatic heterocycles. The van der Waals surface area contributed by atoms with E-state index in [9.17, 15) is 14.3 Å². The lowest BCUT2D eigenvalue weighted by Gasteiger charge is -2.25. The maximum atomic E-state index is 13.6. The van der Waals surface area contributed by atoms with Gasteiger partial charge >= 0.3 is 5.97 Å². The molecule has 0 saturated heterocycles. The van der Waals surface area contributed by atoms with Crippen LogP contribution in [0.1, 0.15) is 31.9 Å². The maximum absolute atomic E-state index is 13.6. The molecule has 0 amide bonds. The van der Waals surface area contributed by atoms with Gasteiger partial charge in [-0.3, -0.25) is 4.79 Å². The molecule has 6 heteroatoms. The first-order chi connectivity index (χ1) is 9.35. The van der Waals surface area contributed by atoms with Crippen molar-refractivity contribution >= 4 is 5.97 Å². The number of nitrogens with one attached hydrogen (secondary N) is 1. The van der Waals surface area contributed by atoms with Gasteiger partial charge in [0.2, 0.25) is 0 Å². The Morgan fingerprint density at radius 3 is 2.55 bits per heavy atom. The number of hydrogen-bond acceptors (Lipinski definition) is 4. The Morgan fingerprint density at radius 1 is 1.45 bits per heavy atom. The van der Waals surface area contributed by atoms with E-state index < -0.39 is 23.9 Å². The minimum Gasteiger partial charge on any atom is -0.494 e. The van der Waals surface area contributed by atoms with Crippen LogP contribution in [-0.4, -0.2) is 35.4 Å². The fourth-order valence-electron chi connectivity index (χ4n) is 1.98. The SMILES string of the molecule is COc1ccc(C(O)C(CC(=O)O)NC(C)C)cc1F. The van der Waals surface area contributed by atoms with Gasteiger partial charge in [0, 0.05) is 12.1 Å². The summed E-state index contributed by atoms with van der Waals surface area (Å²) < 4.78 is 18.4. The number of methoxy groups -OCH3 is 1. The van der Waals surface area contributed by atoms with Crippen LogP contribution >= 0.6 is 0 Å². The number of carbonyl (C=O) groups is 1. The standard InChI is InChI=1S/C14H20FNO4/c1-8(2)16-11(7-13(17)18)14(19)9-4-5-12(20-3)10(15)6-9/h4-6,8,11,14,16,19H,7H2,1-3H3,(H,17,18). The minimum absolute atomic E-state index is 0.00269. The highest BCUT2D eigenvalue weighted by Crippen LogP contribution is 2.25. The van der Waals surface area contributed by atoms with Crippen LogP contribution in [0.5, 0.6) is 5.75 Å².